The topological polar surface area (TPSA) is 82.8 Å². The molecule has 0 bridgehead atoms. The van der Waals surface area contributed by atoms with Crippen LogP contribution in [0.15, 0.2) is 71.8 Å². The van der Waals surface area contributed by atoms with Gasteiger partial charge >= 0.3 is 0 Å². The third-order valence-corrected chi connectivity index (χ3v) is 7.32. The number of hydrogen-bond acceptors (Lipinski definition) is 7. The van der Waals surface area contributed by atoms with Crippen molar-refractivity contribution in [1.82, 2.24) is 24.4 Å². The van der Waals surface area contributed by atoms with E-state index >= 15 is 0 Å². The van der Waals surface area contributed by atoms with E-state index in [1.165, 1.54) is 11.8 Å². The molecule has 3 heterocycles. The lowest BCUT2D eigenvalue weighted by atomic mass is 10.2. The Morgan fingerprint density at radius 1 is 0.912 bits per heavy atom. The number of benzene rings is 2. The van der Waals surface area contributed by atoms with Gasteiger partial charge in [-0.15, -0.1) is 5.10 Å². The lowest BCUT2D eigenvalue weighted by molar-refractivity contribution is 0.148. The first-order valence-corrected chi connectivity index (χ1v) is 13.2. The second-order valence-corrected chi connectivity index (χ2v) is 10.9. The average molecular weight is 477 g/mol. The Balaban J connectivity index is 1.32. The van der Waals surface area contributed by atoms with Gasteiger partial charge in [0.05, 0.1) is 22.3 Å². The van der Waals surface area contributed by atoms with Crippen molar-refractivity contribution >= 4 is 27.0 Å². The molecule has 176 valence electrons. The minimum atomic E-state index is -3.23. The van der Waals surface area contributed by atoms with Gasteiger partial charge in [0.15, 0.2) is 9.84 Å². The third kappa shape index (κ3) is 4.96. The summed E-state index contributed by atoms with van der Waals surface area (Å²) in [6, 6.07) is 19.1. The summed E-state index contributed by atoms with van der Waals surface area (Å²) in [7, 11) is -1.06. The van der Waals surface area contributed by atoms with Gasteiger partial charge in [0.1, 0.15) is 0 Å². The Morgan fingerprint density at radius 2 is 1.62 bits per heavy atom. The van der Waals surface area contributed by atoms with Crippen LogP contribution in [0.1, 0.15) is 5.56 Å². The third-order valence-electron chi connectivity index (χ3n) is 6.19. The maximum Gasteiger partial charge on any atom is 0.245 e. The molecule has 9 heteroatoms. The zero-order chi connectivity index (χ0) is 23.7. The fraction of sp³-hybridized carbons (Fsp3) is 0.280. The summed E-state index contributed by atoms with van der Waals surface area (Å²) in [6.45, 7) is 5.38. The van der Waals surface area contributed by atoms with Crippen LogP contribution in [0.3, 0.4) is 0 Å². The van der Waals surface area contributed by atoms with E-state index in [2.05, 4.69) is 56.5 Å². The number of likely N-dealkylation sites (N-methyl/N-ethyl adjacent to an activating group) is 1. The highest BCUT2D eigenvalue weighted by Gasteiger charge is 2.14. The molecular formula is C25H28N6O2S. The van der Waals surface area contributed by atoms with Crippen molar-refractivity contribution < 1.29 is 8.42 Å². The standard InChI is InChI=1S/C25H28N6O2S/c1-29-13-15-30(16-14-29)18-19-3-7-21(8-4-19)27-25-26-17-22-9-12-24(31(22)28-25)20-5-10-23(11-6-20)34(2,32)33/h3-12,17H,13-16,18H2,1-2H3,(H,27,28). The van der Waals surface area contributed by atoms with Gasteiger partial charge in [-0.1, -0.05) is 24.3 Å². The highest BCUT2D eigenvalue weighted by molar-refractivity contribution is 7.90. The van der Waals surface area contributed by atoms with Crippen LogP contribution in [-0.4, -0.2) is 72.3 Å². The van der Waals surface area contributed by atoms with Gasteiger partial charge in [-0.3, -0.25) is 4.90 Å². The second-order valence-electron chi connectivity index (χ2n) is 8.83. The number of hydrogen-bond donors (Lipinski definition) is 1. The van der Waals surface area contributed by atoms with E-state index in [4.69, 9.17) is 0 Å². The summed E-state index contributed by atoms with van der Waals surface area (Å²) in [4.78, 5) is 9.58. The molecule has 2 aromatic carbocycles. The van der Waals surface area contributed by atoms with Gasteiger partial charge in [0.2, 0.25) is 5.95 Å². The number of nitrogens with zero attached hydrogens (tertiary/aromatic N) is 5. The largest absolute Gasteiger partial charge is 0.323 e. The Labute approximate surface area is 199 Å². The van der Waals surface area contributed by atoms with Crippen LogP contribution in [0.4, 0.5) is 11.6 Å². The molecule has 2 aromatic heterocycles. The summed E-state index contributed by atoms with van der Waals surface area (Å²) in [5.41, 5.74) is 4.81. The van der Waals surface area contributed by atoms with Crippen LogP contribution in [0.2, 0.25) is 0 Å². The maximum absolute atomic E-state index is 11.8. The molecule has 0 aliphatic carbocycles. The molecule has 0 spiro atoms. The molecule has 1 aliphatic heterocycles. The Morgan fingerprint density at radius 3 is 2.29 bits per heavy atom. The molecule has 0 atom stereocenters. The van der Waals surface area contributed by atoms with Crippen molar-refractivity contribution in [3.05, 3.63) is 72.4 Å². The average Bonchev–Trinajstić information content (AvgIpc) is 3.25. The smallest absolute Gasteiger partial charge is 0.245 e. The van der Waals surface area contributed by atoms with Crippen LogP contribution in [0, 0.1) is 0 Å². The number of nitrogens with one attached hydrogen (secondary N) is 1. The quantitative estimate of drug-likeness (QED) is 0.457. The van der Waals surface area contributed by atoms with E-state index in [-0.39, 0.29) is 0 Å². The fourth-order valence-corrected chi connectivity index (χ4v) is 4.77. The van der Waals surface area contributed by atoms with E-state index in [1.54, 1.807) is 30.5 Å². The Kier molecular flexibility index (Phi) is 6.07. The van der Waals surface area contributed by atoms with Crippen LogP contribution in [-0.2, 0) is 16.4 Å². The SMILES string of the molecule is CN1CCN(Cc2ccc(Nc3ncc4ccc(-c5ccc(S(C)(=O)=O)cc5)n4n3)cc2)CC1. The minimum Gasteiger partial charge on any atom is -0.323 e. The molecule has 1 N–H and O–H groups in total. The molecule has 5 rings (SSSR count). The second kappa shape index (κ2) is 9.17. The molecule has 34 heavy (non-hydrogen) atoms. The minimum absolute atomic E-state index is 0.296. The molecule has 8 nitrogen and oxygen atoms in total. The zero-order valence-corrected chi connectivity index (χ0v) is 20.2. The van der Waals surface area contributed by atoms with Crippen LogP contribution in [0.25, 0.3) is 16.8 Å². The van der Waals surface area contributed by atoms with Gasteiger partial charge in [-0.25, -0.2) is 17.9 Å². The Bertz CT molecular complexity index is 1390. The van der Waals surface area contributed by atoms with Crippen molar-refractivity contribution in [2.24, 2.45) is 0 Å². The van der Waals surface area contributed by atoms with Gasteiger partial charge in [0, 0.05) is 50.2 Å². The molecule has 0 radical (unpaired) electrons. The highest BCUT2D eigenvalue weighted by atomic mass is 32.2. The first-order chi connectivity index (χ1) is 16.3. The predicted octanol–water partition coefficient (Wildman–Crippen LogP) is 3.29. The maximum atomic E-state index is 11.8. The molecule has 4 aromatic rings. The van der Waals surface area contributed by atoms with Crippen molar-refractivity contribution in [3.63, 3.8) is 0 Å². The Hall–Kier alpha value is -3.27. The number of rotatable bonds is 6. The van der Waals surface area contributed by atoms with E-state index in [0.29, 0.717) is 10.8 Å². The molecule has 1 aliphatic rings. The molecule has 1 saturated heterocycles. The predicted molar refractivity (Wildman–Crippen MR) is 134 cm³/mol. The zero-order valence-electron chi connectivity index (χ0n) is 19.3. The van der Waals surface area contributed by atoms with Gasteiger partial charge in [-0.2, -0.15) is 0 Å². The van der Waals surface area contributed by atoms with Gasteiger partial charge in [-0.05, 0) is 49.0 Å². The fourth-order valence-electron chi connectivity index (χ4n) is 4.14. The molecule has 0 unspecified atom stereocenters. The molecule has 0 saturated carbocycles. The van der Waals surface area contributed by atoms with Crippen molar-refractivity contribution in [3.8, 4) is 11.3 Å². The van der Waals surface area contributed by atoms with Crippen molar-refractivity contribution in [1.29, 1.82) is 0 Å². The monoisotopic (exact) mass is 476 g/mol. The number of anilines is 2. The van der Waals surface area contributed by atoms with Gasteiger partial charge < -0.3 is 10.2 Å². The van der Waals surface area contributed by atoms with E-state index in [9.17, 15) is 8.42 Å². The summed E-state index contributed by atoms with van der Waals surface area (Å²) >= 11 is 0. The van der Waals surface area contributed by atoms with Crippen molar-refractivity contribution in [2.45, 2.75) is 11.4 Å². The summed E-state index contributed by atoms with van der Waals surface area (Å²) in [6.07, 6.45) is 2.98. The number of sulfone groups is 1. The van der Waals surface area contributed by atoms with Gasteiger partial charge in [0.25, 0.3) is 0 Å². The molecular weight excluding hydrogens is 448 g/mol. The normalized spacial score (nSPS) is 15.6. The van der Waals surface area contributed by atoms with Crippen LogP contribution < -0.4 is 5.32 Å². The first-order valence-electron chi connectivity index (χ1n) is 11.3. The number of fused-ring (bicyclic) bond motifs is 1. The van der Waals surface area contributed by atoms with Crippen LogP contribution in [0.5, 0.6) is 0 Å². The van der Waals surface area contributed by atoms with E-state index in [1.807, 2.05) is 16.6 Å². The number of aromatic nitrogens is 3. The molecule has 0 amide bonds. The summed E-state index contributed by atoms with van der Waals surface area (Å²) < 4.78 is 25.3. The highest BCUT2D eigenvalue weighted by Crippen LogP contribution is 2.24. The summed E-state index contributed by atoms with van der Waals surface area (Å²) in [5, 5.41) is 7.95. The van der Waals surface area contributed by atoms with Crippen LogP contribution >= 0.6 is 0 Å². The summed E-state index contributed by atoms with van der Waals surface area (Å²) in [5.74, 6) is 0.490. The van der Waals surface area contributed by atoms with E-state index in [0.717, 1.165) is 55.2 Å². The lowest BCUT2D eigenvalue weighted by Crippen LogP contribution is -2.43. The van der Waals surface area contributed by atoms with Crippen molar-refractivity contribution in [2.75, 3.05) is 44.8 Å². The molecule has 1 fully saturated rings. The lowest BCUT2D eigenvalue weighted by Gasteiger charge is -2.32. The van der Waals surface area contributed by atoms with E-state index < -0.39 is 9.84 Å². The first kappa shape index (κ1) is 22.5. The number of piperazine rings is 1.